The van der Waals surface area contributed by atoms with Crippen LogP contribution in [0.25, 0.3) is 0 Å². The molecule has 4 heteroatoms. The first-order chi connectivity index (χ1) is 8.83. The van der Waals surface area contributed by atoms with E-state index < -0.39 is 0 Å². The van der Waals surface area contributed by atoms with Crippen LogP contribution in [0.2, 0.25) is 0 Å². The number of pyridine rings is 1. The van der Waals surface area contributed by atoms with Crippen molar-refractivity contribution in [2.24, 2.45) is 0 Å². The lowest BCUT2D eigenvalue weighted by Crippen LogP contribution is -2.34. The third-order valence-corrected chi connectivity index (χ3v) is 3.56. The van der Waals surface area contributed by atoms with E-state index in [1.165, 1.54) is 18.5 Å². The molecule has 3 heterocycles. The lowest BCUT2D eigenvalue weighted by molar-refractivity contribution is 0.494. The normalized spacial score (nSPS) is 20.1. The lowest BCUT2D eigenvalue weighted by Gasteiger charge is -2.33. The lowest BCUT2D eigenvalue weighted by atomic mass is 9.97. The van der Waals surface area contributed by atoms with Gasteiger partial charge in [-0.15, -0.1) is 0 Å². The summed E-state index contributed by atoms with van der Waals surface area (Å²) >= 11 is 0. The Morgan fingerprint density at radius 1 is 1.33 bits per heavy atom. The number of rotatable bonds is 2. The first-order valence-corrected chi connectivity index (χ1v) is 6.49. The molecule has 0 amide bonds. The van der Waals surface area contributed by atoms with Gasteiger partial charge in [-0.3, -0.25) is 4.98 Å². The third-order valence-electron chi connectivity index (χ3n) is 3.56. The molecule has 94 valence electrons. The molecule has 1 saturated heterocycles. The van der Waals surface area contributed by atoms with Crippen LogP contribution in [0.4, 0.5) is 5.69 Å². The highest BCUT2D eigenvalue weighted by atomic mass is 15.1. The van der Waals surface area contributed by atoms with Crippen molar-refractivity contribution in [2.45, 2.75) is 25.7 Å². The Morgan fingerprint density at radius 3 is 2.89 bits per heavy atom. The summed E-state index contributed by atoms with van der Waals surface area (Å²) in [5.41, 5.74) is 2.41. The molecular formula is C14H18N4. The number of nitrogens with one attached hydrogen (secondary N) is 1. The van der Waals surface area contributed by atoms with Crippen LogP contribution in [0.15, 0.2) is 30.7 Å². The number of imidazole rings is 1. The number of aromatic nitrogens is 3. The summed E-state index contributed by atoms with van der Waals surface area (Å²) in [5, 5.41) is 0. The smallest absolute Gasteiger partial charge is 0.111 e. The molecule has 3 rings (SSSR count). The molecule has 0 saturated carbocycles. The highest BCUT2D eigenvalue weighted by Crippen LogP contribution is 2.28. The monoisotopic (exact) mass is 242 g/mol. The predicted molar refractivity (Wildman–Crippen MR) is 71.7 cm³/mol. The summed E-state index contributed by atoms with van der Waals surface area (Å²) in [7, 11) is 0. The Kier molecular flexibility index (Phi) is 3.00. The van der Waals surface area contributed by atoms with Gasteiger partial charge in [-0.05, 0) is 31.9 Å². The molecule has 0 aromatic carbocycles. The quantitative estimate of drug-likeness (QED) is 0.880. The van der Waals surface area contributed by atoms with Gasteiger partial charge in [0.05, 0.1) is 0 Å². The summed E-state index contributed by atoms with van der Waals surface area (Å²) < 4.78 is 0. The zero-order chi connectivity index (χ0) is 12.4. The first-order valence-electron chi connectivity index (χ1n) is 6.49. The van der Waals surface area contributed by atoms with E-state index >= 15 is 0 Å². The maximum Gasteiger partial charge on any atom is 0.111 e. The van der Waals surface area contributed by atoms with Gasteiger partial charge in [0, 0.05) is 49.0 Å². The van der Waals surface area contributed by atoms with Crippen molar-refractivity contribution in [1.82, 2.24) is 15.0 Å². The van der Waals surface area contributed by atoms with Crippen molar-refractivity contribution in [3.8, 4) is 0 Å². The molecule has 18 heavy (non-hydrogen) atoms. The van der Waals surface area contributed by atoms with Gasteiger partial charge in [0.15, 0.2) is 0 Å². The molecule has 2 aromatic rings. The fourth-order valence-corrected chi connectivity index (χ4v) is 2.63. The highest BCUT2D eigenvalue weighted by molar-refractivity contribution is 5.45. The summed E-state index contributed by atoms with van der Waals surface area (Å²) in [6.07, 6.45) is 8.06. The summed E-state index contributed by atoms with van der Waals surface area (Å²) in [6, 6.07) is 4.16. The van der Waals surface area contributed by atoms with Crippen molar-refractivity contribution >= 4 is 5.69 Å². The minimum atomic E-state index is 0.514. The zero-order valence-corrected chi connectivity index (χ0v) is 10.6. The second kappa shape index (κ2) is 4.80. The number of aromatic amines is 1. The zero-order valence-electron chi connectivity index (χ0n) is 10.6. The number of H-pyrrole nitrogens is 1. The van der Waals surface area contributed by atoms with E-state index in [1.807, 2.05) is 18.6 Å². The number of piperidine rings is 1. The second-order valence-electron chi connectivity index (χ2n) is 4.94. The molecule has 1 fully saturated rings. The van der Waals surface area contributed by atoms with E-state index in [1.54, 1.807) is 0 Å². The first kappa shape index (κ1) is 11.3. The van der Waals surface area contributed by atoms with E-state index in [9.17, 15) is 0 Å². The Labute approximate surface area is 107 Å². The average molecular weight is 242 g/mol. The van der Waals surface area contributed by atoms with Crippen LogP contribution in [-0.2, 0) is 0 Å². The third kappa shape index (κ3) is 2.23. The SMILES string of the molecule is Cc1cnc([C@@H]2CCCN(c3ccncc3)C2)[nH]1. The van der Waals surface area contributed by atoms with Gasteiger partial charge in [0.1, 0.15) is 5.82 Å². The van der Waals surface area contributed by atoms with Crippen LogP contribution in [0.5, 0.6) is 0 Å². The van der Waals surface area contributed by atoms with Crippen molar-refractivity contribution in [3.05, 3.63) is 42.2 Å². The van der Waals surface area contributed by atoms with E-state index in [0.717, 1.165) is 24.6 Å². The van der Waals surface area contributed by atoms with Crippen LogP contribution in [-0.4, -0.2) is 28.0 Å². The number of hydrogen-bond acceptors (Lipinski definition) is 3. The van der Waals surface area contributed by atoms with Crippen LogP contribution < -0.4 is 4.90 Å². The molecule has 1 atom stereocenters. The number of hydrogen-bond donors (Lipinski definition) is 1. The van der Waals surface area contributed by atoms with Crippen molar-refractivity contribution in [3.63, 3.8) is 0 Å². The topological polar surface area (TPSA) is 44.8 Å². The molecule has 1 N–H and O–H groups in total. The molecule has 0 bridgehead atoms. The van der Waals surface area contributed by atoms with Gasteiger partial charge in [-0.25, -0.2) is 4.98 Å². The molecule has 0 unspecified atom stereocenters. The molecule has 0 aliphatic carbocycles. The Morgan fingerprint density at radius 2 is 2.17 bits per heavy atom. The Bertz CT molecular complexity index is 506. The fraction of sp³-hybridized carbons (Fsp3) is 0.429. The molecule has 0 spiro atoms. The van der Waals surface area contributed by atoms with Crippen molar-refractivity contribution < 1.29 is 0 Å². The van der Waals surface area contributed by atoms with Crippen molar-refractivity contribution in [2.75, 3.05) is 18.0 Å². The van der Waals surface area contributed by atoms with Gasteiger partial charge in [-0.2, -0.15) is 0 Å². The highest BCUT2D eigenvalue weighted by Gasteiger charge is 2.23. The number of nitrogens with zero attached hydrogens (tertiary/aromatic N) is 3. The van der Waals surface area contributed by atoms with E-state index in [-0.39, 0.29) is 0 Å². The Balaban J connectivity index is 1.76. The maximum absolute atomic E-state index is 4.47. The standard InChI is InChI=1S/C14H18N4/c1-11-9-16-14(17-11)12-3-2-8-18(10-12)13-4-6-15-7-5-13/h4-7,9,12H,2-3,8,10H2,1H3,(H,16,17)/t12-/m1/s1. The van der Waals surface area contributed by atoms with Gasteiger partial charge < -0.3 is 9.88 Å². The second-order valence-corrected chi connectivity index (χ2v) is 4.94. The molecule has 1 aliphatic heterocycles. The van der Waals surface area contributed by atoms with Crippen LogP contribution in [0, 0.1) is 6.92 Å². The van der Waals surface area contributed by atoms with Crippen LogP contribution in [0.3, 0.4) is 0 Å². The van der Waals surface area contributed by atoms with Gasteiger partial charge in [0.2, 0.25) is 0 Å². The van der Waals surface area contributed by atoms with E-state index in [0.29, 0.717) is 5.92 Å². The average Bonchev–Trinajstić information content (AvgIpc) is 2.87. The molecule has 2 aromatic heterocycles. The van der Waals surface area contributed by atoms with Gasteiger partial charge in [0.25, 0.3) is 0 Å². The number of anilines is 1. The summed E-state index contributed by atoms with van der Waals surface area (Å²) in [5.74, 6) is 1.65. The molecule has 4 nitrogen and oxygen atoms in total. The predicted octanol–water partition coefficient (Wildman–Crippen LogP) is 2.50. The Hall–Kier alpha value is -1.84. The molecule has 1 aliphatic rings. The minimum Gasteiger partial charge on any atom is -0.371 e. The van der Waals surface area contributed by atoms with E-state index in [2.05, 4.69) is 38.9 Å². The number of aryl methyl sites for hydroxylation is 1. The van der Waals surface area contributed by atoms with Crippen LogP contribution in [0.1, 0.15) is 30.3 Å². The van der Waals surface area contributed by atoms with Gasteiger partial charge in [-0.1, -0.05) is 0 Å². The van der Waals surface area contributed by atoms with Crippen LogP contribution >= 0.6 is 0 Å². The van der Waals surface area contributed by atoms with Crippen molar-refractivity contribution in [1.29, 1.82) is 0 Å². The molecular weight excluding hydrogens is 224 g/mol. The fourth-order valence-electron chi connectivity index (χ4n) is 2.63. The van der Waals surface area contributed by atoms with E-state index in [4.69, 9.17) is 0 Å². The maximum atomic E-state index is 4.47. The summed E-state index contributed by atoms with van der Waals surface area (Å²) in [4.78, 5) is 14.3. The molecule has 0 radical (unpaired) electrons. The largest absolute Gasteiger partial charge is 0.371 e. The summed E-state index contributed by atoms with van der Waals surface area (Å²) in [6.45, 7) is 4.22. The minimum absolute atomic E-state index is 0.514. The van der Waals surface area contributed by atoms with Gasteiger partial charge >= 0.3 is 0 Å².